The SMILES string of the molecule is CCCCCOc1c(OC)cc(/C=N\NC(=O)c2ccccc2Cl)cc1[N+](=O)[O-]. The number of hydrogen-bond acceptors (Lipinski definition) is 6. The number of methoxy groups -OCH3 is 1. The first kappa shape index (κ1) is 22.2. The van der Waals surface area contributed by atoms with E-state index in [0.29, 0.717) is 17.2 Å². The smallest absolute Gasteiger partial charge is 0.315 e. The van der Waals surface area contributed by atoms with Crippen molar-refractivity contribution in [2.45, 2.75) is 26.2 Å². The van der Waals surface area contributed by atoms with Gasteiger partial charge < -0.3 is 9.47 Å². The molecule has 0 heterocycles. The van der Waals surface area contributed by atoms with E-state index in [9.17, 15) is 14.9 Å². The minimum Gasteiger partial charge on any atom is -0.493 e. The number of carbonyl (C=O) groups excluding carboxylic acids is 1. The van der Waals surface area contributed by atoms with Crippen LogP contribution in [0.15, 0.2) is 41.5 Å². The normalized spacial score (nSPS) is 10.7. The lowest BCUT2D eigenvalue weighted by Crippen LogP contribution is -2.18. The van der Waals surface area contributed by atoms with Crippen LogP contribution in [-0.4, -0.2) is 30.8 Å². The van der Waals surface area contributed by atoms with Crippen LogP contribution in [0, 0.1) is 10.1 Å². The Morgan fingerprint density at radius 3 is 2.72 bits per heavy atom. The number of benzene rings is 2. The fourth-order valence-electron chi connectivity index (χ4n) is 2.51. The monoisotopic (exact) mass is 419 g/mol. The standard InChI is InChI=1S/C20H22ClN3O5/c1-3-4-7-10-29-19-17(24(26)27)11-14(12-18(19)28-2)13-22-23-20(25)15-8-5-6-9-16(15)21/h5-6,8-9,11-13H,3-4,7,10H2,1-2H3,(H,23,25)/b22-13-. The summed E-state index contributed by atoms with van der Waals surface area (Å²) in [6.45, 7) is 2.41. The molecule has 2 rings (SSSR count). The van der Waals surface area contributed by atoms with Crippen molar-refractivity contribution in [2.75, 3.05) is 13.7 Å². The van der Waals surface area contributed by atoms with Crippen LogP contribution in [0.5, 0.6) is 11.5 Å². The van der Waals surface area contributed by atoms with E-state index in [-0.39, 0.29) is 22.7 Å². The zero-order valence-corrected chi connectivity index (χ0v) is 16.9. The molecule has 0 fully saturated rings. The predicted molar refractivity (Wildman–Crippen MR) is 111 cm³/mol. The number of nitro groups is 1. The Morgan fingerprint density at radius 1 is 1.31 bits per heavy atom. The van der Waals surface area contributed by atoms with E-state index in [1.165, 1.54) is 19.4 Å². The van der Waals surface area contributed by atoms with Crippen molar-refractivity contribution in [1.82, 2.24) is 5.43 Å². The molecule has 0 saturated carbocycles. The predicted octanol–water partition coefficient (Wildman–Crippen LogP) is 4.59. The third-order valence-electron chi connectivity index (χ3n) is 3.97. The summed E-state index contributed by atoms with van der Waals surface area (Å²) >= 11 is 5.97. The van der Waals surface area contributed by atoms with Gasteiger partial charge in [-0.1, -0.05) is 43.5 Å². The molecular formula is C20H22ClN3O5. The Hall–Kier alpha value is -3.13. The number of nitrogens with one attached hydrogen (secondary N) is 1. The first-order valence-electron chi connectivity index (χ1n) is 9.05. The highest BCUT2D eigenvalue weighted by Gasteiger charge is 2.22. The summed E-state index contributed by atoms with van der Waals surface area (Å²) < 4.78 is 10.8. The summed E-state index contributed by atoms with van der Waals surface area (Å²) in [7, 11) is 1.40. The molecule has 0 aliphatic carbocycles. The van der Waals surface area contributed by atoms with Gasteiger partial charge in [0.25, 0.3) is 5.91 Å². The molecule has 0 saturated heterocycles. The number of hydrogen-bond donors (Lipinski definition) is 1. The molecule has 1 N–H and O–H groups in total. The average Bonchev–Trinajstić information content (AvgIpc) is 2.71. The summed E-state index contributed by atoms with van der Waals surface area (Å²) in [5.41, 5.74) is 2.74. The van der Waals surface area contributed by atoms with Crippen molar-refractivity contribution in [3.8, 4) is 11.5 Å². The fourth-order valence-corrected chi connectivity index (χ4v) is 2.73. The molecule has 0 radical (unpaired) electrons. The molecule has 0 atom stereocenters. The zero-order valence-electron chi connectivity index (χ0n) is 16.2. The van der Waals surface area contributed by atoms with Gasteiger partial charge in [-0.05, 0) is 24.6 Å². The summed E-state index contributed by atoms with van der Waals surface area (Å²) in [6.07, 6.45) is 4.04. The maximum absolute atomic E-state index is 12.1. The third-order valence-corrected chi connectivity index (χ3v) is 4.30. The number of nitrogens with zero attached hydrogens (tertiary/aromatic N) is 2. The van der Waals surface area contributed by atoms with E-state index in [4.69, 9.17) is 21.1 Å². The number of ether oxygens (including phenoxy) is 2. The number of rotatable bonds is 10. The van der Waals surface area contributed by atoms with Gasteiger partial charge in [0.1, 0.15) is 0 Å². The molecule has 0 spiro atoms. The molecule has 0 aliphatic heterocycles. The molecule has 2 aromatic carbocycles. The van der Waals surface area contributed by atoms with Crippen LogP contribution in [0.2, 0.25) is 5.02 Å². The molecule has 0 unspecified atom stereocenters. The molecule has 0 aliphatic rings. The van der Waals surface area contributed by atoms with Crippen LogP contribution in [0.1, 0.15) is 42.1 Å². The van der Waals surface area contributed by atoms with Gasteiger partial charge in [-0.3, -0.25) is 14.9 Å². The van der Waals surface area contributed by atoms with Crippen LogP contribution in [0.4, 0.5) is 5.69 Å². The van der Waals surface area contributed by atoms with E-state index in [0.717, 1.165) is 19.3 Å². The Labute approximate surface area is 173 Å². The molecule has 1 amide bonds. The Kier molecular flexibility index (Phi) is 8.42. The van der Waals surface area contributed by atoms with E-state index in [1.807, 2.05) is 0 Å². The van der Waals surface area contributed by atoms with Crippen LogP contribution < -0.4 is 14.9 Å². The maximum atomic E-state index is 12.1. The minimum absolute atomic E-state index is 0.0749. The Bertz CT molecular complexity index is 902. The molecule has 2 aromatic rings. The van der Waals surface area contributed by atoms with E-state index >= 15 is 0 Å². The summed E-state index contributed by atoms with van der Waals surface area (Å²) in [4.78, 5) is 23.0. The van der Waals surface area contributed by atoms with Crippen LogP contribution >= 0.6 is 11.6 Å². The van der Waals surface area contributed by atoms with Crippen molar-refractivity contribution in [2.24, 2.45) is 5.10 Å². The molecule has 0 bridgehead atoms. The van der Waals surface area contributed by atoms with Gasteiger partial charge in [-0.25, -0.2) is 5.43 Å². The largest absolute Gasteiger partial charge is 0.493 e. The van der Waals surface area contributed by atoms with Crippen molar-refractivity contribution in [1.29, 1.82) is 0 Å². The lowest BCUT2D eigenvalue weighted by atomic mass is 10.2. The summed E-state index contributed by atoms with van der Waals surface area (Å²) in [5, 5.41) is 15.6. The second-order valence-corrected chi connectivity index (χ2v) is 6.47. The minimum atomic E-state index is -0.544. The van der Waals surface area contributed by atoms with E-state index in [2.05, 4.69) is 17.5 Å². The molecule has 29 heavy (non-hydrogen) atoms. The second kappa shape index (κ2) is 11.0. The third kappa shape index (κ3) is 6.18. The quantitative estimate of drug-likeness (QED) is 0.262. The highest BCUT2D eigenvalue weighted by atomic mass is 35.5. The Morgan fingerprint density at radius 2 is 2.07 bits per heavy atom. The van der Waals surface area contributed by atoms with Gasteiger partial charge in [0.05, 0.1) is 35.4 Å². The van der Waals surface area contributed by atoms with Gasteiger partial charge >= 0.3 is 5.69 Å². The number of nitro benzene ring substituents is 1. The number of amides is 1. The number of hydrazone groups is 1. The van der Waals surface area contributed by atoms with Crippen molar-refractivity contribution < 1.29 is 19.2 Å². The highest BCUT2D eigenvalue weighted by Crippen LogP contribution is 2.38. The van der Waals surface area contributed by atoms with Crippen LogP contribution in [0.25, 0.3) is 0 Å². The first-order chi connectivity index (χ1) is 14.0. The van der Waals surface area contributed by atoms with Crippen molar-refractivity contribution >= 4 is 29.4 Å². The molecule has 0 aromatic heterocycles. The maximum Gasteiger partial charge on any atom is 0.315 e. The lowest BCUT2D eigenvalue weighted by Gasteiger charge is -2.11. The molecule has 154 valence electrons. The number of unbranched alkanes of at least 4 members (excludes halogenated alkanes) is 2. The molecular weight excluding hydrogens is 398 g/mol. The molecule has 9 heteroatoms. The fraction of sp³-hybridized carbons (Fsp3) is 0.300. The van der Waals surface area contributed by atoms with E-state index in [1.54, 1.807) is 30.3 Å². The van der Waals surface area contributed by atoms with Gasteiger partial charge in [0.15, 0.2) is 5.75 Å². The lowest BCUT2D eigenvalue weighted by molar-refractivity contribution is -0.386. The average molecular weight is 420 g/mol. The Balaban J connectivity index is 2.19. The van der Waals surface area contributed by atoms with Gasteiger partial charge in [0.2, 0.25) is 5.75 Å². The second-order valence-electron chi connectivity index (χ2n) is 6.06. The van der Waals surface area contributed by atoms with Gasteiger partial charge in [0, 0.05) is 11.6 Å². The number of carbonyl (C=O) groups is 1. The van der Waals surface area contributed by atoms with Crippen LogP contribution in [-0.2, 0) is 0 Å². The van der Waals surface area contributed by atoms with E-state index < -0.39 is 10.8 Å². The van der Waals surface area contributed by atoms with Gasteiger partial charge in [-0.2, -0.15) is 5.10 Å². The van der Waals surface area contributed by atoms with Gasteiger partial charge in [-0.15, -0.1) is 0 Å². The topological polar surface area (TPSA) is 103 Å². The summed E-state index contributed by atoms with van der Waals surface area (Å²) in [5.74, 6) is -0.204. The van der Waals surface area contributed by atoms with Crippen molar-refractivity contribution in [3.05, 3.63) is 62.7 Å². The molecule has 8 nitrogen and oxygen atoms in total. The highest BCUT2D eigenvalue weighted by molar-refractivity contribution is 6.33. The number of halogens is 1. The van der Waals surface area contributed by atoms with Crippen LogP contribution in [0.3, 0.4) is 0 Å². The summed E-state index contributed by atoms with van der Waals surface area (Å²) in [6, 6.07) is 9.40. The zero-order chi connectivity index (χ0) is 21.2. The van der Waals surface area contributed by atoms with Crippen molar-refractivity contribution in [3.63, 3.8) is 0 Å². The first-order valence-corrected chi connectivity index (χ1v) is 9.42.